The first-order chi connectivity index (χ1) is 10.7. The van der Waals surface area contributed by atoms with Crippen LogP contribution >= 0.6 is 0 Å². The molecule has 2 saturated heterocycles. The van der Waals surface area contributed by atoms with Crippen LogP contribution in [0, 0.1) is 6.92 Å². The van der Waals surface area contributed by atoms with Crippen LogP contribution in [0.25, 0.3) is 0 Å². The van der Waals surface area contributed by atoms with Crippen molar-refractivity contribution in [2.75, 3.05) is 0 Å². The van der Waals surface area contributed by atoms with Crippen LogP contribution < -0.4 is 0 Å². The van der Waals surface area contributed by atoms with Crippen molar-refractivity contribution in [1.82, 2.24) is 9.88 Å². The Morgan fingerprint density at radius 1 is 1.35 bits per heavy atom. The Morgan fingerprint density at radius 2 is 1.96 bits per heavy atom. The average molecular weight is 318 g/mol. The van der Waals surface area contributed by atoms with E-state index < -0.39 is 11.2 Å². The third-order valence-electron chi connectivity index (χ3n) is 4.76. The fourth-order valence-corrected chi connectivity index (χ4v) is 3.84. The monoisotopic (exact) mass is 318 g/mol. The summed E-state index contributed by atoms with van der Waals surface area (Å²) in [6.07, 6.45) is 4.36. The summed E-state index contributed by atoms with van der Waals surface area (Å²) in [5.74, 6) is 0. The number of piperidine rings is 1. The topological polar surface area (TPSA) is 62.7 Å². The number of carbonyl (C=O) groups is 1. The second-order valence-corrected chi connectivity index (χ2v) is 7.93. The first kappa shape index (κ1) is 16.2. The molecule has 0 aromatic carbocycles. The maximum absolute atomic E-state index is 12.5. The van der Waals surface area contributed by atoms with Crippen molar-refractivity contribution >= 4 is 6.09 Å². The Bertz CT molecular complexity index is 595. The Hall–Kier alpha value is -1.62. The molecule has 0 aliphatic carbocycles. The van der Waals surface area contributed by atoms with Crippen LogP contribution in [0.5, 0.6) is 0 Å². The minimum Gasteiger partial charge on any atom is -0.444 e. The number of aliphatic hydroxyl groups is 1. The van der Waals surface area contributed by atoms with Crippen molar-refractivity contribution in [3.8, 4) is 0 Å². The minimum absolute atomic E-state index is 0.0240. The van der Waals surface area contributed by atoms with Crippen LogP contribution in [-0.4, -0.2) is 38.8 Å². The maximum atomic E-state index is 12.5. The number of hydrogen-bond acceptors (Lipinski definition) is 4. The number of aryl methyl sites for hydroxylation is 1. The van der Waals surface area contributed by atoms with Gasteiger partial charge in [-0.15, -0.1) is 0 Å². The zero-order valence-electron chi connectivity index (χ0n) is 14.4. The second kappa shape index (κ2) is 5.48. The van der Waals surface area contributed by atoms with Gasteiger partial charge < -0.3 is 14.7 Å². The summed E-state index contributed by atoms with van der Waals surface area (Å²) in [6.45, 7) is 7.64. The Morgan fingerprint density at radius 3 is 2.48 bits per heavy atom. The largest absolute Gasteiger partial charge is 0.444 e. The molecule has 126 valence electrons. The number of fused-ring (bicyclic) bond motifs is 2. The highest BCUT2D eigenvalue weighted by Crippen LogP contribution is 2.45. The average Bonchev–Trinajstić information content (AvgIpc) is 2.70. The zero-order valence-corrected chi connectivity index (χ0v) is 14.4. The smallest absolute Gasteiger partial charge is 0.410 e. The molecule has 0 radical (unpaired) electrons. The van der Waals surface area contributed by atoms with Gasteiger partial charge in [0.25, 0.3) is 0 Å². The van der Waals surface area contributed by atoms with Crippen LogP contribution in [0.4, 0.5) is 4.79 Å². The lowest BCUT2D eigenvalue weighted by Crippen LogP contribution is -2.53. The van der Waals surface area contributed by atoms with E-state index in [0.717, 1.165) is 24.1 Å². The van der Waals surface area contributed by atoms with Gasteiger partial charge in [-0.2, -0.15) is 0 Å². The second-order valence-electron chi connectivity index (χ2n) is 7.93. The highest BCUT2D eigenvalue weighted by Gasteiger charge is 2.51. The van der Waals surface area contributed by atoms with Gasteiger partial charge in [0.2, 0.25) is 0 Å². The van der Waals surface area contributed by atoms with E-state index in [1.165, 1.54) is 0 Å². The molecule has 5 nitrogen and oxygen atoms in total. The van der Waals surface area contributed by atoms with Crippen molar-refractivity contribution in [2.45, 2.75) is 76.7 Å². The molecule has 2 fully saturated rings. The molecule has 2 bridgehead atoms. The zero-order chi connectivity index (χ0) is 16.8. The third-order valence-corrected chi connectivity index (χ3v) is 4.76. The van der Waals surface area contributed by atoms with E-state index in [0.29, 0.717) is 12.8 Å². The third kappa shape index (κ3) is 3.20. The molecule has 1 aromatic heterocycles. The number of rotatable bonds is 1. The SMILES string of the molecule is Cc1ccnc(C2(O)CC3CCC(C2)N3C(=O)OC(C)(C)C)c1. The number of ether oxygens (including phenoxy) is 1. The van der Waals surface area contributed by atoms with Crippen LogP contribution in [0.3, 0.4) is 0 Å². The van der Waals surface area contributed by atoms with Crippen molar-refractivity contribution in [3.05, 3.63) is 29.6 Å². The van der Waals surface area contributed by atoms with Gasteiger partial charge in [-0.3, -0.25) is 4.98 Å². The van der Waals surface area contributed by atoms with E-state index in [4.69, 9.17) is 4.74 Å². The van der Waals surface area contributed by atoms with Gasteiger partial charge >= 0.3 is 6.09 Å². The van der Waals surface area contributed by atoms with E-state index in [1.807, 2.05) is 44.7 Å². The fraction of sp³-hybridized carbons (Fsp3) is 0.667. The number of aromatic nitrogens is 1. The van der Waals surface area contributed by atoms with Crippen LogP contribution in [0.1, 0.15) is 57.7 Å². The predicted octanol–water partition coefficient (Wildman–Crippen LogP) is 3.14. The molecular formula is C18H26N2O3. The van der Waals surface area contributed by atoms with Crippen molar-refractivity contribution in [1.29, 1.82) is 0 Å². The molecule has 0 spiro atoms. The summed E-state index contributed by atoms with van der Waals surface area (Å²) < 4.78 is 5.54. The summed E-state index contributed by atoms with van der Waals surface area (Å²) in [5.41, 5.74) is 0.363. The first-order valence-corrected chi connectivity index (χ1v) is 8.35. The molecule has 3 rings (SSSR count). The van der Waals surface area contributed by atoms with Crippen molar-refractivity contribution < 1.29 is 14.6 Å². The molecular weight excluding hydrogens is 292 g/mol. The number of amides is 1. The standard InChI is InChI=1S/C18H26N2O3/c1-12-7-8-19-15(9-12)18(22)10-13-5-6-14(11-18)20(13)16(21)23-17(2,3)4/h7-9,13-14,22H,5-6,10-11H2,1-4H3. The van der Waals surface area contributed by atoms with Crippen LogP contribution in [0.15, 0.2) is 18.3 Å². The molecule has 1 aromatic rings. The van der Waals surface area contributed by atoms with E-state index in [2.05, 4.69) is 4.98 Å². The van der Waals surface area contributed by atoms with Gasteiger partial charge in [0, 0.05) is 31.1 Å². The van der Waals surface area contributed by atoms with E-state index >= 15 is 0 Å². The van der Waals surface area contributed by atoms with Gasteiger partial charge in [-0.05, 0) is 58.2 Å². The Kier molecular flexibility index (Phi) is 3.87. The molecule has 1 N–H and O–H groups in total. The summed E-state index contributed by atoms with van der Waals surface area (Å²) in [6, 6.07) is 3.92. The highest BCUT2D eigenvalue weighted by molar-refractivity contribution is 5.69. The molecule has 5 heteroatoms. The summed E-state index contributed by atoms with van der Waals surface area (Å²) in [4.78, 5) is 18.7. The van der Waals surface area contributed by atoms with Gasteiger partial charge in [0.1, 0.15) is 11.2 Å². The number of hydrogen-bond donors (Lipinski definition) is 1. The summed E-state index contributed by atoms with van der Waals surface area (Å²) in [7, 11) is 0. The van der Waals surface area contributed by atoms with Crippen LogP contribution in [-0.2, 0) is 10.3 Å². The van der Waals surface area contributed by atoms with Gasteiger partial charge in [0.15, 0.2) is 0 Å². The molecule has 23 heavy (non-hydrogen) atoms. The quantitative estimate of drug-likeness (QED) is 0.864. The lowest BCUT2D eigenvalue weighted by molar-refractivity contribution is -0.0647. The molecule has 1 amide bonds. The molecule has 2 aliphatic rings. The highest BCUT2D eigenvalue weighted by atomic mass is 16.6. The summed E-state index contributed by atoms with van der Waals surface area (Å²) in [5, 5.41) is 11.1. The molecule has 3 heterocycles. The van der Waals surface area contributed by atoms with Gasteiger partial charge in [0.05, 0.1) is 5.69 Å². The van der Waals surface area contributed by atoms with E-state index in [9.17, 15) is 9.90 Å². The molecule has 2 unspecified atom stereocenters. The van der Waals surface area contributed by atoms with Crippen molar-refractivity contribution in [3.63, 3.8) is 0 Å². The fourth-order valence-electron chi connectivity index (χ4n) is 3.84. The normalized spacial score (nSPS) is 30.4. The number of pyridine rings is 1. The maximum Gasteiger partial charge on any atom is 0.410 e. The Balaban J connectivity index is 1.80. The van der Waals surface area contributed by atoms with Crippen LogP contribution in [0.2, 0.25) is 0 Å². The van der Waals surface area contributed by atoms with E-state index in [1.54, 1.807) is 6.20 Å². The lowest BCUT2D eigenvalue weighted by Gasteiger charge is -2.43. The summed E-state index contributed by atoms with van der Waals surface area (Å²) >= 11 is 0. The number of nitrogens with zero attached hydrogens (tertiary/aromatic N) is 2. The minimum atomic E-state index is -0.948. The first-order valence-electron chi connectivity index (χ1n) is 8.35. The molecule has 2 aliphatic heterocycles. The molecule has 0 saturated carbocycles. The van der Waals surface area contributed by atoms with Crippen molar-refractivity contribution in [2.24, 2.45) is 0 Å². The molecule has 2 atom stereocenters. The van der Waals surface area contributed by atoms with Gasteiger partial charge in [-0.25, -0.2) is 4.79 Å². The lowest BCUT2D eigenvalue weighted by atomic mass is 9.83. The van der Waals surface area contributed by atoms with E-state index in [-0.39, 0.29) is 18.2 Å². The number of carbonyl (C=O) groups excluding carboxylic acids is 1. The van der Waals surface area contributed by atoms with Gasteiger partial charge in [-0.1, -0.05) is 0 Å². The Labute approximate surface area is 137 Å². The predicted molar refractivity (Wildman–Crippen MR) is 87.0 cm³/mol.